The fourth-order valence-electron chi connectivity index (χ4n) is 4.39. The van der Waals surface area contributed by atoms with Crippen LogP contribution >= 0.6 is 24.0 Å². The molecule has 0 aliphatic carbocycles. The Morgan fingerprint density at radius 3 is 2.34 bits per heavy atom. The van der Waals surface area contributed by atoms with Gasteiger partial charge in [-0.25, -0.2) is 0 Å². The third-order valence-electron chi connectivity index (χ3n) is 6.14. The van der Waals surface area contributed by atoms with Crippen molar-refractivity contribution in [3.63, 3.8) is 0 Å². The average molecular weight is 477 g/mol. The number of hydrogen-bond acceptors (Lipinski definition) is 4. The van der Waals surface area contributed by atoms with Gasteiger partial charge in [-0.1, -0.05) is 41.9 Å². The molecule has 0 bridgehead atoms. The predicted molar refractivity (Wildman–Crippen MR) is 130 cm³/mol. The number of para-hydroxylation sites is 1. The molecule has 0 unspecified atom stereocenters. The van der Waals surface area contributed by atoms with Crippen molar-refractivity contribution in [3.8, 4) is 0 Å². The Morgan fingerprint density at radius 1 is 1.00 bits per heavy atom. The van der Waals surface area contributed by atoms with Gasteiger partial charge in [-0.2, -0.15) is 0 Å². The number of nitrogens with zero attached hydrogens (tertiary/aromatic N) is 3. The Hall–Kier alpha value is -2.28. The van der Waals surface area contributed by atoms with Crippen LogP contribution in [0.15, 0.2) is 48.5 Å². The molecule has 2 amide bonds. The van der Waals surface area contributed by atoms with Crippen LogP contribution in [0.3, 0.4) is 0 Å². The van der Waals surface area contributed by atoms with E-state index in [0.717, 1.165) is 42.9 Å². The Labute approximate surface area is 200 Å². The van der Waals surface area contributed by atoms with Crippen molar-refractivity contribution in [1.82, 2.24) is 9.80 Å². The monoisotopic (exact) mass is 476 g/mol. The van der Waals surface area contributed by atoms with E-state index in [2.05, 4.69) is 17.0 Å². The zero-order chi connectivity index (χ0) is 21.8. The highest BCUT2D eigenvalue weighted by Crippen LogP contribution is 2.25. The molecule has 4 rings (SSSR count). The number of halogens is 2. The smallest absolute Gasteiger partial charge is 0.239 e. The fraction of sp³-hybridized carbons (Fsp3) is 0.417. The zero-order valence-electron chi connectivity index (χ0n) is 18.1. The maximum Gasteiger partial charge on any atom is 0.239 e. The molecule has 2 fully saturated rings. The van der Waals surface area contributed by atoms with E-state index in [0.29, 0.717) is 37.5 Å². The summed E-state index contributed by atoms with van der Waals surface area (Å²) < 4.78 is 0. The molecule has 2 saturated heterocycles. The summed E-state index contributed by atoms with van der Waals surface area (Å²) in [6.45, 7) is 4.28. The second kappa shape index (κ2) is 11.0. The highest BCUT2D eigenvalue weighted by atomic mass is 35.5. The first-order valence-corrected chi connectivity index (χ1v) is 11.3. The summed E-state index contributed by atoms with van der Waals surface area (Å²) in [5.41, 5.74) is 9.54. The Kier molecular flexibility index (Phi) is 8.40. The molecule has 172 valence electrons. The third kappa shape index (κ3) is 5.74. The summed E-state index contributed by atoms with van der Waals surface area (Å²) in [5, 5.41) is 0.675. The van der Waals surface area contributed by atoms with Crippen LogP contribution in [-0.2, 0) is 22.6 Å². The molecular weight excluding hydrogens is 447 g/mol. The summed E-state index contributed by atoms with van der Waals surface area (Å²) >= 11 is 5.93. The molecule has 2 aromatic carbocycles. The Balaban J connectivity index is 0.00000289. The fourth-order valence-corrected chi connectivity index (χ4v) is 4.52. The van der Waals surface area contributed by atoms with E-state index in [1.54, 1.807) is 0 Å². The highest BCUT2D eigenvalue weighted by Gasteiger charge is 2.27. The van der Waals surface area contributed by atoms with E-state index in [1.165, 1.54) is 0 Å². The number of piperazine rings is 1. The number of carbonyl (C=O) groups is 2. The minimum Gasteiger partial charge on any atom is -0.368 e. The first-order chi connectivity index (χ1) is 15.0. The molecule has 0 spiro atoms. The molecule has 0 saturated carbocycles. The SMILES string of the molecule is Cl.N[C@@H](Cc1ccc(Cl)cc1)C(=O)N1CCN(c2ccccc2CN2CCCC2=O)CC1. The second-order valence-electron chi connectivity index (χ2n) is 8.30. The van der Waals surface area contributed by atoms with Crippen LogP contribution < -0.4 is 10.6 Å². The zero-order valence-corrected chi connectivity index (χ0v) is 19.7. The number of nitrogens with two attached hydrogens (primary N) is 1. The van der Waals surface area contributed by atoms with Crippen LogP contribution in [0.25, 0.3) is 0 Å². The molecule has 2 aliphatic heterocycles. The van der Waals surface area contributed by atoms with Gasteiger partial charge in [-0.3, -0.25) is 9.59 Å². The quantitative estimate of drug-likeness (QED) is 0.695. The first-order valence-electron chi connectivity index (χ1n) is 10.9. The number of carbonyl (C=O) groups excluding carboxylic acids is 2. The van der Waals surface area contributed by atoms with Crippen LogP contribution in [0.1, 0.15) is 24.0 Å². The summed E-state index contributed by atoms with van der Waals surface area (Å²) in [4.78, 5) is 31.0. The number of benzene rings is 2. The number of anilines is 1. The van der Waals surface area contributed by atoms with Gasteiger partial charge in [-0.15, -0.1) is 12.4 Å². The van der Waals surface area contributed by atoms with Crippen molar-refractivity contribution >= 4 is 41.5 Å². The average Bonchev–Trinajstić information content (AvgIpc) is 3.19. The Morgan fingerprint density at radius 2 is 1.69 bits per heavy atom. The summed E-state index contributed by atoms with van der Waals surface area (Å²) in [7, 11) is 0. The standard InChI is InChI=1S/C24H29ClN4O2.ClH/c25-20-9-7-18(8-10-20)16-21(26)24(31)28-14-12-27(13-15-28)22-5-2-1-4-19(22)17-29-11-3-6-23(29)30;/h1-2,4-5,7-10,21H,3,6,11-17,26H2;1H/t21-;/m0./s1. The van der Waals surface area contributed by atoms with Crippen molar-refractivity contribution in [2.75, 3.05) is 37.6 Å². The summed E-state index contributed by atoms with van der Waals surface area (Å²) in [5.74, 6) is 0.227. The number of amides is 2. The third-order valence-corrected chi connectivity index (χ3v) is 6.39. The minimum atomic E-state index is -0.554. The van der Waals surface area contributed by atoms with E-state index in [4.69, 9.17) is 17.3 Å². The maximum absolute atomic E-state index is 12.9. The molecule has 32 heavy (non-hydrogen) atoms. The van der Waals surface area contributed by atoms with Crippen molar-refractivity contribution < 1.29 is 9.59 Å². The number of likely N-dealkylation sites (tertiary alicyclic amines) is 1. The lowest BCUT2D eigenvalue weighted by atomic mass is 10.0. The highest BCUT2D eigenvalue weighted by molar-refractivity contribution is 6.30. The van der Waals surface area contributed by atoms with Gasteiger partial charge >= 0.3 is 0 Å². The number of rotatable bonds is 6. The normalized spacial score (nSPS) is 17.3. The molecule has 2 aromatic rings. The van der Waals surface area contributed by atoms with E-state index < -0.39 is 6.04 Å². The molecule has 0 radical (unpaired) electrons. The van der Waals surface area contributed by atoms with Gasteiger partial charge in [-0.05, 0) is 42.2 Å². The predicted octanol–water partition coefficient (Wildman–Crippen LogP) is 3.10. The summed E-state index contributed by atoms with van der Waals surface area (Å²) in [6, 6.07) is 15.2. The second-order valence-corrected chi connectivity index (χ2v) is 8.73. The van der Waals surface area contributed by atoms with Crippen LogP contribution in [0.2, 0.25) is 5.02 Å². The molecule has 2 N–H and O–H groups in total. The molecule has 8 heteroatoms. The largest absolute Gasteiger partial charge is 0.368 e. The Bertz CT molecular complexity index is 930. The van der Waals surface area contributed by atoms with E-state index in [-0.39, 0.29) is 24.2 Å². The lowest BCUT2D eigenvalue weighted by Gasteiger charge is -2.38. The van der Waals surface area contributed by atoms with Gasteiger partial charge in [0.2, 0.25) is 11.8 Å². The van der Waals surface area contributed by atoms with Crippen molar-refractivity contribution in [2.24, 2.45) is 5.73 Å². The van der Waals surface area contributed by atoms with E-state index >= 15 is 0 Å². The molecule has 2 heterocycles. The van der Waals surface area contributed by atoms with Gasteiger partial charge < -0.3 is 20.4 Å². The van der Waals surface area contributed by atoms with Crippen molar-refractivity contribution in [2.45, 2.75) is 31.8 Å². The molecule has 0 aromatic heterocycles. The van der Waals surface area contributed by atoms with Crippen LogP contribution in [0, 0.1) is 0 Å². The number of hydrogen-bond donors (Lipinski definition) is 1. The van der Waals surface area contributed by atoms with E-state index in [9.17, 15) is 9.59 Å². The van der Waals surface area contributed by atoms with Crippen molar-refractivity contribution in [1.29, 1.82) is 0 Å². The molecular formula is C24H30Cl2N4O2. The summed E-state index contributed by atoms with van der Waals surface area (Å²) in [6.07, 6.45) is 2.10. The lowest BCUT2D eigenvalue weighted by Crippen LogP contribution is -2.53. The van der Waals surface area contributed by atoms with Gasteiger partial charge in [0, 0.05) is 56.4 Å². The van der Waals surface area contributed by atoms with Gasteiger partial charge in [0.1, 0.15) is 0 Å². The minimum absolute atomic E-state index is 0. The van der Waals surface area contributed by atoms with Crippen molar-refractivity contribution in [3.05, 3.63) is 64.7 Å². The van der Waals surface area contributed by atoms with Gasteiger partial charge in [0.25, 0.3) is 0 Å². The molecule has 1 atom stereocenters. The van der Waals surface area contributed by atoms with Crippen LogP contribution in [0.5, 0.6) is 0 Å². The molecule has 2 aliphatic rings. The van der Waals surface area contributed by atoms with Crippen LogP contribution in [-0.4, -0.2) is 60.4 Å². The lowest BCUT2D eigenvalue weighted by molar-refractivity contribution is -0.133. The molecule has 6 nitrogen and oxygen atoms in total. The first kappa shape index (κ1) is 24.4. The van der Waals surface area contributed by atoms with Gasteiger partial charge in [0.05, 0.1) is 6.04 Å². The topological polar surface area (TPSA) is 69.9 Å². The van der Waals surface area contributed by atoms with Crippen LogP contribution in [0.4, 0.5) is 5.69 Å². The van der Waals surface area contributed by atoms with E-state index in [1.807, 2.05) is 46.2 Å². The van der Waals surface area contributed by atoms with Gasteiger partial charge in [0.15, 0.2) is 0 Å². The maximum atomic E-state index is 12.9.